The SMILES string of the molecule is CC(C)c1cc(Cn2ccc3cccnc32)c2ccccc2c1. The first kappa shape index (κ1) is 14.0. The molecule has 2 nitrogen and oxygen atoms in total. The summed E-state index contributed by atoms with van der Waals surface area (Å²) in [5.41, 5.74) is 3.80. The standard InChI is InChI=1S/C21H20N2/c1-15(2)18-12-17-6-3-4-8-20(17)19(13-18)14-23-11-9-16-7-5-10-22-21(16)23/h3-13,15H,14H2,1-2H3. The molecule has 0 aliphatic carbocycles. The number of fused-ring (bicyclic) bond motifs is 2. The minimum atomic E-state index is 0.526. The molecule has 0 N–H and O–H groups in total. The first-order chi connectivity index (χ1) is 11.2. The molecule has 0 saturated heterocycles. The Kier molecular flexibility index (Phi) is 3.38. The molecule has 0 spiro atoms. The van der Waals surface area contributed by atoms with E-state index >= 15 is 0 Å². The predicted molar refractivity (Wildman–Crippen MR) is 96.9 cm³/mol. The minimum Gasteiger partial charge on any atom is -0.328 e. The summed E-state index contributed by atoms with van der Waals surface area (Å²) in [5, 5.41) is 3.84. The summed E-state index contributed by atoms with van der Waals surface area (Å²) in [4.78, 5) is 4.54. The highest BCUT2D eigenvalue weighted by Gasteiger charge is 2.09. The van der Waals surface area contributed by atoms with Crippen LogP contribution in [0.1, 0.15) is 30.9 Å². The molecular formula is C21H20N2. The van der Waals surface area contributed by atoms with Crippen molar-refractivity contribution in [2.45, 2.75) is 26.3 Å². The highest BCUT2D eigenvalue weighted by Crippen LogP contribution is 2.27. The van der Waals surface area contributed by atoms with Crippen molar-refractivity contribution in [3.8, 4) is 0 Å². The van der Waals surface area contributed by atoms with Gasteiger partial charge in [0.05, 0.1) is 0 Å². The van der Waals surface area contributed by atoms with Crippen molar-refractivity contribution >= 4 is 21.8 Å². The zero-order valence-electron chi connectivity index (χ0n) is 13.5. The number of hydrogen-bond acceptors (Lipinski definition) is 1. The van der Waals surface area contributed by atoms with Crippen LogP contribution in [0.3, 0.4) is 0 Å². The maximum atomic E-state index is 4.54. The van der Waals surface area contributed by atoms with Crippen LogP contribution in [0.2, 0.25) is 0 Å². The fourth-order valence-corrected chi connectivity index (χ4v) is 3.21. The van der Waals surface area contributed by atoms with E-state index in [9.17, 15) is 0 Å². The molecule has 0 unspecified atom stereocenters. The zero-order chi connectivity index (χ0) is 15.8. The lowest BCUT2D eigenvalue weighted by molar-refractivity contribution is 0.819. The van der Waals surface area contributed by atoms with Gasteiger partial charge in [-0.1, -0.05) is 50.2 Å². The molecule has 0 radical (unpaired) electrons. The Hall–Kier alpha value is -2.61. The van der Waals surface area contributed by atoms with Gasteiger partial charge in [-0.15, -0.1) is 0 Å². The average Bonchev–Trinajstić information content (AvgIpc) is 2.98. The van der Waals surface area contributed by atoms with Crippen molar-refractivity contribution in [1.82, 2.24) is 9.55 Å². The van der Waals surface area contributed by atoms with Crippen molar-refractivity contribution in [2.24, 2.45) is 0 Å². The van der Waals surface area contributed by atoms with Gasteiger partial charge >= 0.3 is 0 Å². The first-order valence-corrected chi connectivity index (χ1v) is 8.14. The Labute approximate surface area is 136 Å². The third kappa shape index (κ3) is 2.50. The van der Waals surface area contributed by atoms with Crippen molar-refractivity contribution in [1.29, 1.82) is 0 Å². The maximum absolute atomic E-state index is 4.54. The second-order valence-corrected chi connectivity index (χ2v) is 6.42. The molecule has 2 aromatic heterocycles. The van der Waals surface area contributed by atoms with Gasteiger partial charge < -0.3 is 4.57 Å². The largest absolute Gasteiger partial charge is 0.328 e. The smallest absolute Gasteiger partial charge is 0.140 e. The molecule has 0 saturated carbocycles. The van der Waals surface area contributed by atoms with E-state index in [-0.39, 0.29) is 0 Å². The van der Waals surface area contributed by atoms with Gasteiger partial charge in [0.15, 0.2) is 0 Å². The third-order valence-electron chi connectivity index (χ3n) is 4.50. The number of pyridine rings is 1. The van der Waals surface area contributed by atoms with E-state index in [1.54, 1.807) is 0 Å². The second kappa shape index (κ2) is 5.54. The van der Waals surface area contributed by atoms with E-state index in [1.807, 2.05) is 12.3 Å². The van der Waals surface area contributed by atoms with Gasteiger partial charge in [0.25, 0.3) is 0 Å². The molecule has 0 aliphatic heterocycles. The monoisotopic (exact) mass is 300 g/mol. The first-order valence-electron chi connectivity index (χ1n) is 8.14. The quantitative estimate of drug-likeness (QED) is 0.498. The summed E-state index contributed by atoms with van der Waals surface area (Å²) in [6.07, 6.45) is 4.00. The fraction of sp³-hybridized carbons (Fsp3) is 0.190. The number of aromatic nitrogens is 2. The molecular weight excluding hydrogens is 280 g/mol. The van der Waals surface area contributed by atoms with Crippen LogP contribution in [0.25, 0.3) is 21.8 Å². The van der Waals surface area contributed by atoms with Crippen LogP contribution in [-0.4, -0.2) is 9.55 Å². The van der Waals surface area contributed by atoms with E-state index in [2.05, 4.69) is 78.1 Å². The molecule has 0 atom stereocenters. The molecule has 0 amide bonds. The van der Waals surface area contributed by atoms with Crippen molar-refractivity contribution in [2.75, 3.05) is 0 Å². The number of nitrogens with zero attached hydrogens (tertiary/aromatic N) is 2. The van der Waals surface area contributed by atoms with Crippen LogP contribution in [-0.2, 0) is 6.54 Å². The molecule has 4 aromatic rings. The molecule has 0 fully saturated rings. The van der Waals surface area contributed by atoms with Crippen LogP contribution >= 0.6 is 0 Å². The van der Waals surface area contributed by atoms with Gasteiger partial charge in [-0.05, 0) is 46.0 Å². The van der Waals surface area contributed by atoms with Crippen LogP contribution in [0.15, 0.2) is 67.0 Å². The van der Waals surface area contributed by atoms with Crippen molar-refractivity contribution in [3.63, 3.8) is 0 Å². The van der Waals surface area contributed by atoms with Crippen LogP contribution in [0.5, 0.6) is 0 Å². The molecule has 23 heavy (non-hydrogen) atoms. The summed E-state index contributed by atoms with van der Waals surface area (Å²) in [6.45, 7) is 5.35. The van der Waals surface area contributed by atoms with Crippen LogP contribution in [0, 0.1) is 0 Å². The Morgan fingerprint density at radius 2 is 1.78 bits per heavy atom. The topological polar surface area (TPSA) is 17.8 Å². The number of hydrogen-bond donors (Lipinski definition) is 0. The highest BCUT2D eigenvalue weighted by molar-refractivity contribution is 5.87. The van der Waals surface area contributed by atoms with E-state index in [0.29, 0.717) is 5.92 Å². The molecule has 2 heteroatoms. The molecule has 2 heterocycles. The Morgan fingerprint density at radius 1 is 0.957 bits per heavy atom. The fourth-order valence-electron chi connectivity index (χ4n) is 3.21. The maximum Gasteiger partial charge on any atom is 0.140 e. The Balaban J connectivity index is 1.87. The molecule has 114 valence electrons. The van der Waals surface area contributed by atoms with Crippen molar-refractivity contribution < 1.29 is 0 Å². The lowest BCUT2D eigenvalue weighted by Gasteiger charge is -2.14. The molecule has 2 aromatic carbocycles. The number of rotatable bonds is 3. The molecule has 0 aliphatic rings. The van der Waals surface area contributed by atoms with E-state index in [4.69, 9.17) is 0 Å². The zero-order valence-corrected chi connectivity index (χ0v) is 13.5. The molecule has 0 bridgehead atoms. The van der Waals surface area contributed by atoms with Gasteiger partial charge in [-0.3, -0.25) is 0 Å². The summed E-state index contributed by atoms with van der Waals surface area (Å²) < 4.78 is 2.24. The van der Waals surface area contributed by atoms with Gasteiger partial charge in [0.2, 0.25) is 0 Å². The summed E-state index contributed by atoms with van der Waals surface area (Å²) in [5.74, 6) is 0.526. The summed E-state index contributed by atoms with van der Waals surface area (Å²) in [7, 11) is 0. The van der Waals surface area contributed by atoms with Gasteiger partial charge in [0.1, 0.15) is 5.65 Å². The van der Waals surface area contributed by atoms with Crippen LogP contribution in [0.4, 0.5) is 0 Å². The molecule has 4 rings (SSSR count). The second-order valence-electron chi connectivity index (χ2n) is 6.42. The van der Waals surface area contributed by atoms with Gasteiger partial charge in [0, 0.05) is 24.3 Å². The average molecular weight is 300 g/mol. The third-order valence-corrected chi connectivity index (χ3v) is 4.50. The van der Waals surface area contributed by atoms with Gasteiger partial charge in [-0.2, -0.15) is 0 Å². The predicted octanol–water partition coefficient (Wildman–Crippen LogP) is 5.36. The lowest BCUT2D eigenvalue weighted by Crippen LogP contribution is -2.01. The minimum absolute atomic E-state index is 0.526. The van der Waals surface area contributed by atoms with Gasteiger partial charge in [-0.25, -0.2) is 4.98 Å². The summed E-state index contributed by atoms with van der Waals surface area (Å²) >= 11 is 0. The van der Waals surface area contributed by atoms with Crippen molar-refractivity contribution in [3.05, 3.63) is 78.1 Å². The van der Waals surface area contributed by atoms with E-state index in [0.717, 1.165) is 12.2 Å². The Morgan fingerprint density at radius 3 is 2.65 bits per heavy atom. The van der Waals surface area contributed by atoms with E-state index in [1.165, 1.54) is 27.3 Å². The normalized spacial score (nSPS) is 11.6. The lowest BCUT2D eigenvalue weighted by atomic mass is 9.95. The Bertz CT molecular complexity index is 979. The summed E-state index contributed by atoms with van der Waals surface area (Å²) in [6, 6.07) is 19.6. The van der Waals surface area contributed by atoms with Crippen LogP contribution < -0.4 is 0 Å². The van der Waals surface area contributed by atoms with E-state index < -0.39 is 0 Å². The number of benzene rings is 2. The highest BCUT2D eigenvalue weighted by atomic mass is 15.0.